The highest BCUT2D eigenvalue weighted by Gasteiger charge is 2.24. The lowest BCUT2D eigenvalue weighted by molar-refractivity contribution is 0.354. The van der Waals surface area contributed by atoms with Gasteiger partial charge in [0.1, 0.15) is 11.6 Å². The van der Waals surface area contributed by atoms with Crippen LogP contribution in [-0.4, -0.2) is 30.1 Å². The molecule has 0 aromatic carbocycles. The molecule has 1 saturated heterocycles. The van der Waals surface area contributed by atoms with Crippen LogP contribution in [0.15, 0.2) is 6.20 Å². The molecule has 0 spiro atoms. The fourth-order valence-corrected chi connectivity index (χ4v) is 2.91. The van der Waals surface area contributed by atoms with Crippen molar-refractivity contribution in [1.82, 2.24) is 15.3 Å². The molecule has 4 heteroatoms. The maximum atomic E-state index is 4.66. The van der Waals surface area contributed by atoms with Gasteiger partial charge in [-0.1, -0.05) is 13.8 Å². The van der Waals surface area contributed by atoms with Crippen molar-refractivity contribution in [3.8, 4) is 0 Å². The molecule has 4 nitrogen and oxygen atoms in total. The second-order valence-electron chi connectivity index (χ2n) is 5.65. The molecule has 18 heavy (non-hydrogen) atoms. The zero-order chi connectivity index (χ0) is 13.1. The van der Waals surface area contributed by atoms with Crippen molar-refractivity contribution in [3.63, 3.8) is 0 Å². The highest BCUT2D eigenvalue weighted by atomic mass is 15.2. The molecule has 2 heterocycles. The maximum Gasteiger partial charge on any atom is 0.136 e. The van der Waals surface area contributed by atoms with Gasteiger partial charge in [-0.15, -0.1) is 0 Å². The van der Waals surface area contributed by atoms with Crippen LogP contribution in [0.1, 0.15) is 31.7 Å². The molecule has 100 valence electrons. The van der Waals surface area contributed by atoms with Crippen LogP contribution in [0.5, 0.6) is 0 Å². The van der Waals surface area contributed by atoms with Crippen molar-refractivity contribution in [1.29, 1.82) is 0 Å². The number of nitrogens with zero attached hydrogens (tertiary/aromatic N) is 3. The molecule has 1 aromatic rings. The van der Waals surface area contributed by atoms with Crippen LogP contribution < -0.4 is 10.2 Å². The summed E-state index contributed by atoms with van der Waals surface area (Å²) in [6.07, 6.45) is 3.28. The lowest BCUT2D eigenvalue weighted by Crippen LogP contribution is -2.40. The van der Waals surface area contributed by atoms with Crippen LogP contribution in [0, 0.1) is 18.8 Å². The lowest BCUT2D eigenvalue weighted by Gasteiger charge is -2.36. The summed E-state index contributed by atoms with van der Waals surface area (Å²) in [5.41, 5.74) is 1.20. The van der Waals surface area contributed by atoms with Crippen LogP contribution in [0.3, 0.4) is 0 Å². The first-order chi connectivity index (χ1) is 8.60. The first kappa shape index (κ1) is 13.3. The average Bonchev–Trinajstić information content (AvgIpc) is 2.30. The van der Waals surface area contributed by atoms with E-state index in [0.29, 0.717) is 0 Å². The summed E-state index contributed by atoms with van der Waals surface area (Å²) < 4.78 is 0. The fourth-order valence-electron chi connectivity index (χ4n) is 2.91. The molecule has 0 bridgehead atoms. The average molecular weight is 248 g/mol. The van der Waals surface area contributed by atoms with Gasteiger partial charge in [-0.25, -0.2) is 9.97 Å². The van der Waals surface area contributed by atoms with Crippen LogP contribution in [0.25, 0.3) is 0 Å². The molecule has 1 fully saturated rings. The van der Waals surface area contributed by atoms with Crippen LogP contribution in [0.4, 0.5) is 5.82 Å². The Hall–Kier alpha value is -1.16. The van der Waals surface area contributed by atoms with Crippen molar-refractivity contribution in [3.05, 3.63) is 17.6 Å². The summed E-state index contributed by atoms with van der Waals surface area (Å²) >= 11 is 0. The van der Waals surface area contributed by atoms with Gasteiger partial charge in [-0.2, -0.15) is 0 Å². The molecule has 1 aromatic heterocycles. The summed E-state index contributed by atoms with van der Waals surface area (Å²) in [6, 6.07) is 0. The number of piperidine rings is 1. The van der Waals surface area contributed by atoms with E-state index >= 15 is 0 Å². The molecule has 0 aliphatic carbocycles. The van der Waals surface area contributed by atoms with Gasteiger partial charge in [0.25, 0.3) is 0 Å². The van der Waals surface area contributed by atoms with E-state index in [1.807, 2.05) is 20.2 Å². The third-order valence-electron chi connectivity index (χ3n) is 3.50. The molecular weight excluding hydrogens is 224 g/mol. The van der Waals surface area contributed by atoms with Crippen LogP contribution in [-0.2, 0) is 6.54 Å². The summed E-state index contributed by atoms with van der Waals surface area (Å²) in [4.78, 5) is 11.4. The number of hydrogen-bond donors (Lipinski definition) is 1. The molecule has 2 rings (SSSR count). The van der Waals surface area contributed by atoms with Crippen molar-refractivity contribution in [2.45, 2.75) is 33.7 Å². The van der Waals surface area contributed by atoms with Gasteiger partial charge in [0.15, 0.2) is 0 Å². The number of anilines is 1. The van der Waals surface area contributed by atoms with Gasteiger partial charge in [-0.05, 0) is 32.2 Å². The largest absolute Gasteiger partial charge is 0.356 e. The van der Waals surface area contributed by atoms with E-state index in [9.17, 15) is 0 Å². The summed E-state index contributed by atoms with van der Waals surface area (Å²) in [6.45, 7) is 9.66. The molecular formula is C14H24N4. The summed E-state index contributed by atoms with van der Waals surface area (Å²) in [5.74, 6) is 3.46. The Morgan fingerprint density at radius 2 is 2.00 bits per heavy atom. The molecule has 1 N–H and O–H groups in total. The smallest absolute Gasteiger partial charge is 0.136 e. The van der Waals surface area contributed by atoms with Crippen LogP contribution >= 0.6 is 0 Å². The predicted molar refractivity (Wildman–Crippen MR) is 74.7 cm³/mol. The zero-order valence-corrected chi connectivity index (χ0v) is 11.9. The highest BCUT2D eigenvalue weighted by molar-refractivity contribution is 5.46. The van der Waals surface area contributed by atoms with E-state index in [1.54, 1.807) is 0 Å². The van der Waals surface area contributed by atoms with E-state index in [2.05, 4.69) is 34.0 Å². The Kier molecular flexibility index (Phi) is 4.17. The van der Waals surface area contributed by atoms with E-state index in [0.717, 1.165) is 43.1 Å². The van der Waals surface area contributed by atoms with Crippen LogP contribution in [0.2, 0.25) is 0 Å². The molecule has 2 unspecified atom stereocenters. The number of hydrogen-bond acceptors (Lipinski definition) is 4. The van der Waals surface area contributed by atoms with Crippen molar-refractivity contribution in [2.75, 3.05) is 25.0 Å². The van der Waals surface area contributed by atoms with E-state index in [4.69, 9.17) is 0 Å². The van der Waals surface area contributed by atoms with E-state index in [-0.39, 0.29) is 0 Å². The first-order valence-corrected chi connectivity index (χ1v) is 6.82. The molecule has 1 aliphatic heterocycles. The lowest BCUT2D eigenvalue weighted by atomic mass is 9.92. The third kappa shape index (κ3) is 2.99. The minimum Gasteiger partial charge on any atom is -0.356 e. The van der Waals surface area contributed by atoms with Gasteiger partial charge in [0, 0.05) is 31.4 Å². The van der Waals surface area contributed by atoms with Gasteiger partial charge >= 0.3 is 0 Å². The third-order valence-corrected chi connectivity index (χ3v) is 3.50. The minimum atomic E-state index is 0.742. The van der Waals surface area contributed by atoms with E-state index < -0.39 is 0 Å². The van der Waals surface area contributed by atoms with Crippen molar-refractivity contribution >= 4 is 5.82 Å². The standard InChI is InChI=1S/C14H24N4/c1-10-5-11(2)9-18(8-10)14-13(6-15-4)7-16-12(3)17-14/h7,10-11,15H,5-6,8-9H2,1-4H3. The van der Waals surface area contributed by atoms with Gasteiger partial charge in [-0.3, -0.25) is 0 Å². The monoisotopic (exact) mass is 248 g/mol. The fraction of sp³-hybridized carbons (Fsp3) is 0.714. The van der Waals surface area contributed by atoms with Crippen molar-refractivity contribution in [2.24, 2.45) is 11.8 Å². The Morgan fingerprint density at radius 1 is 1.33 bits per heavy atom. The van der Waals surface area contributed by atoms with Gasteiger partial charge in [0.2, 0.25) is 0 Å². The molecule has 1 aliphatic rings. The quantitative estimate of drug-likeness (QED) is 0.888. The Labute approximate surface area is 110 Å². The Morgan fingerprint density at radius 3 is 2.61 bits per heavy atom. The maximum absolute atomic E-state index is 4.66. The first-order valence-electron chi connectivity index (χ1n) is 6.82. The van der Waals surface area contributed by atoms with Crippen molar-refractivity contribution < 1.29 is 0 Å². The van der Waals surface area contributed by atoms with E-state index in [1.165, 1.54) is 12.0 Å². The molecule has 2 atom stereocenters. The normalized spacial score (nSPS) is 24.3. The predicted octanol–water partition coefficient (Wildman–Crippen LogP) is 1.99. The number of aromatic nitrogens is 2. The van der Waals surface area contributed by atoms with Gasteiger partial charge in [0.05, 0.1) is 0 Å². The topological polar surface area (TPSA) is 41.1 Å². The number of aryl methyl sites for hydroxylation is 1. The summed E-state index contributed by atoms with van der Waals surface area (Å²) in [5, 5.41) is 3.20. The second-order valence-corrected chi connectivity index (χ2v) is 5.65. The minimum absolute atomic E-state index is 0.742. The second kappa shape index (κ2) is 5.65. The van der Waals surface area contributed by atoms with Gasteiger partial charge < -0.3 is 10.2 Å². The number of nitrogens with one attached hydrogen (secondary N) is 1. The zero-order valence-electron chi connectivity index (χ0n) is 11.9. The molecule has 0 saturated carbocycles. The highest BCUT2D eigenvalue weighted by Crippen LogP contribution is 2.27. The summed E-state index contributed by atoms with van der Waals surface area (Å²) in [7, 11) is 1.96. The SMILES string of the molecule is CNCc1cnc(C)nc1N1CC(C)CC(C)C1. The molecule has 0 radical (unpaired) electrons. The Bertz CT molecular complexity index is 395. The number of rotatable bonds is 3. The molecule has 0 amide bonds. The Balaban J connectivity index is 2.27.